The molecule has 1 aromatic heterocycles. The predicted molar refractivity (Wildman–Crippen MR) is 98.0 cm³/mol. The Kier molecular flexibility index (Phi) is 5.30. The predicted octanol–water partition coefficient (Wildman–Crippen LogP) is 4.24. The van der Waals surface area contributed by atoms with Gasteiger partial charge in [-0.3, -0.25) is 0 Å². The largest absolute Gasteiger partial charge is 0.376 e. The van der Waals surface area contributed by atoms with Crippen molar-refractivity contribution >= 4 is 17.3 Å². The van der Waals surface area contributed by atoms with E-state index in [-0.39, 0.29) is 0 Å². The van der Waals surface area contributed by atoms with E-state index < -0.39 is 0 Å². The topological polar surface area (TPSA) is 59.1 Å². The highest BCUT2D eigenvalue weighted by molar-refractivity contribution is 5.59. The average molecular weight is 326 g/mol. The normalized spacial score (nSPS) is 17.2. The number of aryl methyl sites for hydroxylation is 1. The van der Waals surface area contributed by atoms with Crippen molar-refractivity contribution in [3.05, 3.63) is 41.7 Å². The zero-order chi connectivity index (χ0) is 16.9. The molecule has 3 rings (SSSR count). The maximum Gasteiger partial charge on any atom is 0.136 e. The lowest BCUT2D eigenvalue weighted by Crippen LogP contribution is -2.19. The molecule has 1 aromatic carbocycles. The second-order valence-corrected chi connectivity index (χ2v) is 6.60. The van der Waals surface area contributed by atoms with Gasteiger partial charge in [0.15, 0.2) is 0 Å². The molecular formula is C19H26N4O. The van der Waals surface area contributed by atoms with Crippen LogP contribution in [0, 0.1) is 6.92 Å². The first-order chi connectivity index (χ1) is 11.6. The number of benzene rings is 1. The molecule has 5 heteroatoms. The van der Waals surface area contributed by atoms with Crippen LogP contribution in [-0.4, -0.2) is 29.2 Å². The van der Waals surface area contributed by atoms with Gasteiger partial charge in [0, 0.05) is 24.9 Å². The molecule has 1 fully saturated rings. The molecule has 1 unspecified atom stereocenters. The van der Waals surface area contributed by atoms with Crippen LogP contribution in [0.4, 0.5) is 17.3 Å². The summed E-state index contributed by atoms with van der Waals surface area (Å²) in [5.74, 6) is 2.91. The second-order valence-electron chi connectivity index (χ2n) is 6.60. The third-order valence-electron chi connectivity index (χ3n) is 4.22. The van der Waals surface area contributed by atoms with E-state index in [9.17, 15) is 0 Å². The molecule has 2 N–H and O–H groups in total. The highest BCUT2D eigenvalue weighted by Crippen LogP contribution is 2.21. The van der Waals surface area contributed by atoms with Crippen molar-refractivity contribution in [1.82, 2.24) is 9.97 Å². The van der Waals surface area contributed by atoms with E-state index in [1.807, 2.05) is 13.0 Å². The Bertz CT molecular complexity index is 664. The summed E-state index contributed by atoms with van der Waals surface area (Å²) in [6, 6.07) is 10.4. The van der Waals surface area contributed by atoms with Gasteiger partial charge in [-0.2, -0.15) is 0 Å². The van der Waals surface area contributed by atoms with Crippen LogP contribution in [-0.2, 0) is 4.74 Å². The minimum Gasteiger partial charge on any atom is -0.376 e. The molecule has 0 spiro atoms. The Hall–Kier alpha value is -2.14. The summed E-state index contributed by atoms with van der Waals surface area (Å²) in [5, 5.41) is 6.72. The quantitative estimate of drug-likeness (QED) is 0.831. The molecule has 0 bridgehead atoms. The van der Waals surface area contributed by atoms with Gasteiger partial charge in [0.25, 0.3) is 0 Å². The fraction of sp³-hybridized carbons (Fsp3) is 0.474. The molecule has 0 amide bonds. The number of nitrogens with one attached hydrogen (secondary N) is 2. The lowest BCUT2D eigenvalue weighted by molar-refractivity contribution is 0.120. The SMILES string of the molecule is Cc1nc(NCC2CCCO2)cc(Nc2ccc(C(C)C)cc2)n1. The van der Waals surface area contributed by atoms with E-state index in [4.69, 9.17) is 4.74 Å². The molecule has 1 aliphatic heterocycles. The summed E-state index contributed by atoms with van der Waals surface area (Å²) in [4.78, 5) is 8.93. The van der Waals surface area contributed by atoms with Crippen LogP contribution < -0.4 is 10.6 Å². The summed E-state index contributed by atoms with van der Waals surface area (Å²) in [7, 11) is 0. The number of hydrogen-bond donors (Lipinski definition) is 2. The summed E-state index contributed by atoms with van der Waals surface area (Å²) in [6.07, 6.45) is 2.55. The number of ether oxygens (including phenoxy) is 1. The molecule has 128 valence electrons. The first-order valence-corrected chi connectivity index (χ1v) is 8.68. The lowest BCUT2D eigenvalue weighted by atomic mass is 10.0. The molecular weight excluding hydrogens is 300 g/mol. The molecule has 0 saturated carbocycles. The van der Waals surface area contributed by atoms with Gasteiger partial charge in [-0.15, -0.1) is 0 Å². The second kappa shape index (κ2) is 7.62. The van der Waals surface area contributed by atoms with Crippen molar-refractivity contribution < 1.29 is 4.74 Å². The highest BCUT2D eigenvalue weighted by atomic mass is 16.5. The third kappa shape index (κ3) is 4.45. The number of nitrogens with zero attached hydrogens (tertiary/aromatic N) is 2. The van der Waals surface area contributed by atoms with Crippen LogP contribution in [0.1, 0.15) is 44.0 Å². The van der Waals surface area contributed by atoms with E-state index in [0.29, 0.717) is 12.0 Å². The van der Waals surface area contributed by atoms with E-state index in [2.05, 4.69) is 58.7 Å². The van der Waals surface area contributed by atoms with Crippen molar-refractivity contribution in [3.63, 3.8) is 0 Å². The third-order valence-corrected chi connectivity index (χ3v) is 4.22. The minimum atomic E-state index is 0.292. The summed E-state index contributed by atoms with van der Waals surface area (Å²) in [5.41, 5.74) is 2.36. The van der Waals surface area contributed by atoms with E-state index in [0.717, 1.165) is 49.1 Å². The van der Waals surface area contributed by atoms with Crippen molar-refractivity contribution in [2.75, 3.05) is 23.8 Å². The van der Waals surface area contributed by atoms with Crippen LogP contribution in [0.5, 0.6) is 0 Å². The zero-order valence-electron chi connectivity index (χ0n) is 14.7. The molecule has 1 saturated heterocycles. The van der Waals surface area contributed by atoms with Crippen LogP contribution >= 0.6 is 0 Å². The maximum atomic E-state index is 5.64. The summed E-state index contributed by atoms with van der Waals surface area (Å²) < 4.78 is 5.64. The number of anilines is 3. The molecule has 1 atom stereocenters. The minimum absolute atomic E-state index is 0.292. The first-order valence-electron chi connectivity index (χ1n) is 8.68. The molecule has 5 nitrogen and oxygen atoms in total. The summed E-state index contributed by atoms with van der Waals surface area (Å²) in [6.45, 7) is 7.96. The van der Waals surface area contributed by atoms with Gasteiger partial charge >= 0.3 is 0 Å². The molecule has 2 heterocycles. The Morgan fingerprint density at radius 1 is 1.17 bits per heavy atom. The van der Waals surface area contributed by atoms with Crippen LogP contribution in [0.15, 0.2) is 30.3 Å². The van der Waals surface area contributed by atoms with Crippen LogP contribution in [0.3, 0.4) is 0 Å². The Morgan fingerprint density at radius 2 is 1.92 bits per heavy atom. The van der Waals surface area contributed by atoms with E-state index in [1.54, 1.807) is 0 Å². The molecule has 24 heavy (non-hydrogen) atoms. The number of hydrogen-bond acceptors (Lipinski definition) is 5. The highest BCUT2D eigenvalue weighted by Gasteiger charge is 2.15. The summed E-state index contributed by atoms with van der Waals surface area (Å²) >= 11 is 0. The number of aromatic nitrogens is 2. The van der Waals surface area contributed by atoms with Crippen molar-refractivity contribution in [2.45, 2.75) is 45.6 Å². The molecule has 0 aliphatic carbocycles. The van der Waals surface area contributed by atoms with Gasteiger partial charge in [-0.25, -0.2) is 9.97 Å². The van der Waals surface area contributed by atoms with Gasteiger partial charge in [0.1, 0.15) is 17.5 Å². The molecule has 0 radical (unpaired) electrons. The maximum absolute atomic E-state index is 5.64. The van der Waals surface area contributed by atoms with Gasteiger partial charge in [-0.05, 0) is 43.4 Å². The van der Waals surface area contributed by atoms with Gasteiger partial charge in [0.05, 0.1) is 6.10 Å². The Morgan fingerprint density at radius 3 is 2.58 bits per heavy atom. The lowest BCUT2D eigenvalue weighted by Gasteiger charge is -2.13. The standard InChI is InChI=1S/C19H26N4O/c1-13(2)15-6-8-16(9-7-15)23-19-11-18(21-14(3)22-19)20-12-17-5-4-10-24-17/h6-9,11,13,17H,4-5,10,12H2,1-3H3,(H2,20,21,22,23). The Balaban J connectivity index is 1.66. The monoisotopic (exact) mass is 326 g/mol. The van der Waals surface area contributed by atoms with Crippen LogP contribution in [0.25, 0.3) is 0 Å². The van der Waals surface area contributed by atoms with E-state index >= 15 is 0 Å². The van der Waals surface area contributed by atoms with Gasteiger partial charge in [-0.1, -0.05) is 26.0 Å². The van der Waals surface area contributed by atoms with E-state index in [1.165, 1.54) is 5.56 Å². The fourth-order valence-corrected chi connectivity index (χ4v) is 2.85. The average Bonchev–Trinajstić information content (AvgIpc) is 3.06. The van der Waals surface area contributed by atoms with Gasteiger partial charge in [0.2, 0.25) is 0 Å². The molecule has 1 aliphatic rings. The van der Waals surface area contributed by atoms with Crippen LogP contribution in [0.2, 0.25) is 0 Å². The van der Waals surface area contributed by atoms with Crippen molar-refractivity contribution in [1.29, 1.82) is 0 Å². The van der Waals surface area contributed by atoms with Crippen molar-refractivity contribution in [3.8, 4) is 0 Å². The molecule has 2 aromatic rings. The smallest absolute Gasteiger partial charge is 0.136 e. The number of rotatable bonds is 6. The fourth-order valence-electron chi connectivity index (χ4n) is 2.85. The Labute approximate surface area is 143 Å². The first kappa shape index (κ1) is 16.7. The zero-order valence-corrected chi connectivity index (χ0v) is 14.7. The van der Waals surface area contributed by atoms with Gasteiger partial charge < -0.3 is 15.4 Å². The van der Waals surface area contributed by atoms with Crippen molar-refractivity contribution in [2.24, 2.45) is 0 Å².